The highest BCUT2D eigenvalue weighted by atomic mass is 32.2. The molecule has 0 amide bonds. The van der Waals surface area contributed by atoms with Crippen molar-refractivity contribution in [2.24, 2.45) is 0 Å². The van der Waals surface area contributed by atoms with Crippen molar-refractivity contribution in [1.82, 2.24) is 14.9 Å². The molecule has 0 fully saturated rings. The first kappa shape index (κ1) is 23.4. The van der Waals surface area contributed by atoms with Crippen molar-refractivity contribution in [3.8, 4) is 0 Å². The fourth-order valence-electron chi connectivity index (χ4n) is 2.50. The van der Waals surface area contributed by atoms with Crippen LogP contribution in [0.15, 0.2) is 45.8 Å². The Hall–Kier alpha value is -3.25. The summed E-state index contributed by atoms with van der Waals surface area (Å²) in [5.74, 6) is -5.14. The SMILES string of the molecule is CC(C)c1noc(COC(=O)c2ccc(CNS(=O)(=O)c3ccc(F)c(F)c3F)cc2)n1. The molecule has 32 heavy (non-hydrogen) atoms. The van der Waals surface area contributed by atoms with Crippen LogP contribution in [0.4, 0.5) is 13.2 Å². The van der Waals surface area contributed by atoms with Gasteiger partial charge in [0.15, 0.2) is 29.9 Å². The number of halogens is 3. The molecule has 0 aliphatic rings. The van der Waals surface area contributed by atoms with E-state index in [-0.39, 0.29) is 30.5 Å². The van der Waals surface area contributed by atoms with Gasteiger partial charge in [-0.05, 0) is 29.8 Å². The standard InChI is InChI=1S/C20H18F3N3O5S/c1-11(2)19-25-16(31-26-19)10-30-20(27)13-5-3-12(4-6-13)9-24-32(28,29)15-8-7-14(21)17(22)18(15)23/h3-8,11,24H,9-10H2,1-2H3. The molecule has 0 bridgehead atoms. The summed E-state index contributed by atoms with van der Waals surface area (Å²) in [7, 11) is -4.44. The van der Waals surface area contributed by atoms with E-state index in [1.807, 2.05) is 13.8 Å². The molecule has 1 aromatic heterocycles. The number of rotatable bonds is 8. The minimum atomic E-state index is -4.44. The average Bonchev–Trinajstić information content (AvgIpc) is 3.24. The van der Waals surface area contributed by atoms with E-state index in [1.54, 1.807) is 0 Å². The van der Waals surface area contributed by atoms with Crippen molar-refractivity contribution in [1.29, 1.82) is 0 Å². The second-order valence-electron chi connectivity index (χ2n) is 6.97. The van der Waals surface area contributed by atoms with Crippen LogP contribution in [0.2, 0.25) is 0 Å². The predicted octanol–water partition coefficient (Wildman–Crippen LogP) is 3.45. The quantitative estimate of drug-likeness (QED) is 0.397. The number of aromatic nitrogens is 2. The predicted molar refractivity (Wildman–Crippen MR) is 104 cm³/mol. The van der Waals surface area contributed by atoms with Gasteiger partial charge in [0.1, 0.15) is 4.90 Å². The topological polar surface area (TPSA) is 111 Å². The Morgan fingerprint density at radius 1 is 1.09 bits per heavy atom. The molecule has 2 aromatic carbocycles. The van der Waals surface area contributed by atoms with Gasteiger partial charge >= 0.3 is 5.97 Å². The lowest BCUT2D eigenvalue weighted by molar-refractivity contribution is 0.0429. The number of carbonyl (C=O) groups is 1. The van der Waals surface area contributed by atoms with Crippen molar-refractivity contribution in [3.05, 3.63) is 76.7 Å². The maximum Gasteiger partial charge on any atom is 0.338 e. The van der Waals surface area contributed by atoms with Gasteiger partial charge in [-0.1, -0.05) is 31.1 Å². The van der Waals surface area contributed by atoms with Crippen LogP contribution in [-0.2, 0) is 27.9 Å². The minimum absolute atomic E-state index is 0.0618. The highest BCUT2D eigenvalue weighted by Gasteiger charge is 2.23. The van der Waals surface area contributed by atoms with Crippen molar-refractivity contribution in [2.45, 2.75) is 37.8 Å². The summed E-state index contributed by atoms with van der Waals surface area (Å²) in [4.78, 5) is 15.2. The fourth-order valence-corrected chi connectivity index (χ4v) is 3.59. The van der Waals surface area contributed by atoms with Gasteiger partial charge in [0.05, 0.1) is 5.56 Å². The summed E-state index contributed by atoms with van der Waals surface area (Å²) in [6, 6.07) is 6.84. The Labute approximate surface area is 181 Å². The second-order valence-corrected chi connectivity index (χ2v) is 8.71. The van der Waals surface area contributed by atoms with Gasteiger partial charge in [-0.3, -0.25) is 0 Å². The highest BCUT2D eigenvalue weighted by Crippen LogP contribution is 2.20. The van der Waals surface area contributed by atoms with Crippen molar-refractivity contribution in [3.63, 3.8) is 0 Å². The zero-order valence-electron chi connectivity index (χ0n) is 16.9. The van der Waals surface area contributed by atoms with Crippen LogP contribution in [0.3, 0.4) is 0 Å². The van der Waals surface area contributed by atoms with Crippen LogP contribution in [0.25, 0.3) is 0 Å². The number of nitrogens with zero attached hydrogens (tertiary/aromatic N) is 2. The van der Waals surface area contributed by atoms with E-state index in [9.17, 15) is 26.4 Å². The van der Waals surface area contributed by atoms with E-state index in [1.165, 1.54) is 24.3 Å². The van der Waals surface area contributed by atoms with Crippen LogP contribution in [0, 0.1) is 17.5 Å². The number of sulfonamides is 1. The molecule has 0 unspecified atom stereocenters. The van der Waals surface area contributed by atoms with Crippen molar-refractivity contribution in [2.75, 3.05) is 0 Å². The normalized spacial score (nSPS) is 11.7. The van der Waals surface area contributed by atoms with Gasteiger partial charge in [-0.15, -0.1) is 0 Å². The number of esters is 1. The number of nitrogens with one attached hydrogen (secondary N) is 1. The van der Waals surface area contributed by atoms with Crippen LogP contribution in [0.1, 0.15) is 47.4 Å². The second kappa shape index (κ2) is 9.49. The van der Waals surface area contributed by atoms with E-state index >= 15 is 0 Å². The van der Waals surface area contributed by atoms with E-state index in [0.717, 1.165) is 0 Å². The molecule has 0 radical (unpaired) electrons. The molecule has 170 valence electrons. The Morgan fingerprint density at radius 3 is 2.41 bits per heavy atom. The monoisotopic (exact) mass is 469 g/mol. The van der Waals surface area contributed by atoms with Gasteiger partial charge < -0.3 is 9.26 Å². The maximum absolute atomic E-state index is 13.8. The van der Waals surface area contributed by atoms with Crippen LogP contribution >= 0.6 is 0 Å². The first-order valence-corrected chi connectivity index (χ1v) is 10.8. The molecule has 0 spiro atoms. The van der Waals surface area contributed by atoms with Gasteiger partial charge in [0, 0.05) is 12.5 Å². The molecule has 3 aromatic rings. The first-order valence-electron chi connectivity index (χ1n) is 9.30. The third-order valence-corrected chi connectivity index (χ3v) is 5.69. The Morgan fingerprint density at radius 2 is 1.78 bits per heavy atom. The van der Waals surface area contributed by atoms with Crippen molar-refractivity contribution < 1.29 is 35.6 Å². The smallest absolute Gasteiger partial charge is 0.338 e. The minimum Gasteiger partial charge on any atom is -0.452 e. The number of ether oxygens (including phenoxy) is 1. The third kappa shape index (κ3) is 5.32. The number of benzene rings is 2. The maximum atomic E-state index is 13.8. The highest BCUT2D eigenvalue weighted by molar-refractivity contribution is 7.89. The lowest BCUT2D eigenvalue weighted by Crippen LogP contribution is -2.24. The van der Waals surface area contributed by atoms with E-state index < -0.39 is 38.3 Å². The summed E-state index contributed by atoms with van der Waals surface area (Å²) in [6.07, 6.45) is 0. The summed E-state index contributed by atoms with van der Waals surface area (Å²) < 4.78 is 76.6. The Kier molecular flexibility index (Phi) is 6.94. The molecule has 8 nitrogen and oxygen atoms in total. The van der Waals surface area contributed by atoms with Crippen LogP contribution < -0.4 is 4.72 Å². The number of hydrogen-bond acceptors (Lipinski definition) is 7. The lowest BCUT2D eigenvalue weighted by atomic mass is 10.1. The lowest BCUT2D eigenvalue weighted by Gasteiger charge is -2.09. The summed E-state index contributed by atoms with van der Waals surface area (Å²) in [5, 5.41) is 3.76. The zero-order valence-corrected chi connectivity index (χ0v) is 17.7. The fraction of sp³-hybridized carbons (Fsp3) is 0.250. The van der Waals surface area contributed by atoms with Gasteiger partial charge in [-0.25, -0.2) is 31.1 Å². The average molecular weight is 469 g/mol. The molecule has 0 atom stereocenters. The van der Waals surface area contributed by atoms with Crippen molar-refractivity contribution >= 4 is 16.0 Å². The first-order chi connectivity index (χ1) is 15.1. The molecule has 3 rings (SSSR count). The molecule has 0 aliphatic heterocycles. The van der Waals surface area contributed by atoms with E-state index in [0.29, 0.717) is 23.5 Å². The molecule has 12 heteroatoms. The molecule has 1 heterocycles. The van der Waals surface area contributed by atoms with E-state index in [2.05, 4.69) is 14.9 Å². The van der Waals surface area contributed by atoms with Crippen LogP contribution in [0.5, 0.6) is 0 Å². The van der Waals surface area contributed by atoms with Gasteiger partial charge in [-0.2, -0.15) is 4.98 Å². The molecular weight excluding hydrogens is 451 g/mol. The summed E-state index contributed by atoms with van der Waals surface area (Å²) in [6.45, 7) is 3.28. The van der Waals surface area contributed by atoms with Gasteiger partial charge in [0.2, 0.25) is 10.0 Å². The van der Waals surface area contributed by atoms with Crippen LogP contribution in [-0.4, -0.2) is 24.5 Å². The third-order valence-electron chi connectivity index (χ3n) is 4.27. The van der Waals surface area contributed by atoms with Gasteiger partial charge in [0.25, 0.3) is 5.89 Å². The molecule has 1 N–H and O–H groups in total. The molecule has 0 aliphatic carbocycles. The largest absolute Gasteiger partial charge is 0.452 e. The Bertz CT molecular complexity index is 1230. The summed E-state index contributed by atoms with van der Waals surface area (Å²) >= 11 is 0. The number of carbonyl (C=O) groups excluding carboxylic acids is 1. The Balaban J connectivity index is 1.59. The van der Waals surface area contributed by atoms with E-state index in [4.69, 9.17) is 9.26 Å². The number of hydrogen-bond donors (Lipinski definition) is 1. The molecule has 0 saturated heterocycles. The zero-order chi connectivity index (χ0) is 23.5. The molecule has 0 saturated carbocycles. The molecular formula is C20H18F3N3O5S. The summed E-state index contributed by atoms with van der Waals surface area (Å²) in [5.41, 5.74) is 0.610.